The van der Waals surface area contributed by atoms with Crippen molar-refractivity contribution in [3.05, 3.63) is 64.7 Å². The summed E-state index contributed by atoms with van der Waals surface area (Å²) in [4.78, 5) is 12.6. The average molecular weight is 349 g/mol. The number of hydrogen-bond acceptors (Lipinski definition) is 4. The first-order valence-corrected chi connectivity index (χ1v) is 8.71. The predicted octanol–water partition coefficient (Wildman–Crippen LogP) is 4.97. The Morgan fingerprint density at radius 3 is 2.58 bits per heavy atom. The van der Waals surface area contributed by atoms with Crippen LogP contribution in [0, 0.1) is 18.3 Å². The normalized spacial score (nSPS) is 10.9. The van der Waals surface area contributed by atoms with Crippen LogP contribution in [0.1, 0.15) is 41.8 Å². The van der Waals surface area contributed by atoms with E-state index in [1.807, 2.05) is 45.0 Å². The second-order valence-electron chi connectivity index (χ2n) is 5.86. The molecular weight excluding hydrogens is 326 g/mol. The quantitative estimate of drug-likeness (QED) is 0.383. The minimum Gasteiger partial charge on any atom is -0.490 e. The Bertz CT molecular complexity index is 847. The zero-order chi connectivity index (χ0) is 18.9. The molecular formula is C22H23NO3. The van der Waals surface area contributed by atoms with Crippen molar-refractivity contribution in [3.8, 4) is 17.6 Å². The lowest BCUT2D eigenvalue weighted by Crippen LogP contribution is -2.03. The van der Waals surface area contributed by atoms with Crippen LogP contribution in [0.3, 0.4) is 0 Å². The van der Waals surface area contributed by atoms with E-state index in [1.54, 1.807) is 30.3 Å². The molecule has 0 N–H and O–H groups in total. The number of carbonyl (C=O) groups is 1. The number of benzene rings is 2. The molecule has 0 aliphatic rings. The third-order valence-corrected chi connectivity index (χ3v) is 3.69. The fraction of sp³-hybridized carbons (Fsp3) is 0.273. The molecule has 4 nitrogen and oxygen atoms in total. The lowest BCUT2D eigenvalue weighted by molar-refractivity contribution is 0.104. The van der Waals surface area contributed by atoms with Gasteiger partial charge in [-0.3, -0.25) is 4.79 Å². The Kier molecular flexibility index (Phi) is 6.99. The highest BCUT2D eigenvalue weighted by molar-refractivity contribution is 6.14. The van der Waals surface area contributed by atoms with Gasteiger partial charge in [-0.1, -0.05) is 36.8 Å². The van der Waals surface area contributed by atoms with Crippen molar-refractivity contribution in [1.29, 1.82) is 5.26 Å². The summed E-state index contributed by atoms with van der Waals surface area (Å²) in [6.07, 6.45) is 2.48. The van der Waals surface area contributed by atoms with Gasteiger partial charge in [-0.25, -0.2) is 0 Å². The molecule has 2 aromatic rings. The minimum atomic E-state index is -0.291. The van der Waals surface area contributed by atoms with E-state index in [0.29, 0.717) is 30.3 Å². The van der Waals surface area contributed by atoms with Crippen LogP contribution < -0.4 is 9.47 Å². The first-order chi connectivity index (χ1) is 12.6. The van der Waals surface area contributed by atoms with Crippen molar-refractivity contribution in [1.82, 2.24) is 0 Å². The molecule has 0 bridgehead atoms. The third kappa shape index (κ3) is 4.97. The van der Waals surface area contributed by atoms with Crippen LogP contribution in [0.25, 0.3) is 6.08 Å². The van der Waals surface area contributed by atoms with Gasteiger partial charge in [0.1, 0.15) is 11.6 Å². The Morgan fingerprint density at radius 1 is 1.12 bits per heavy atom. The number of allylic oxidation sites excluding steroid dienone is 1. The summed E-state index contributed by atoms with van der Waals surface area (Å²) in [6, 6.07) is 14.6. The molecule has 0 atom stereocenters. The van der Waals surface area contributed by atoms with Gasteiger partial charge in [0, 0.05) is 5.56 Å². The summed E-state index contributed by atoms with van der Waals surface area (Å²) in [5.74, 6) is 0.977. The fourth-order valence-electron chi connectivity index (χ4n) is 2.47. The van der Waals surface area contributed by atoms with E-state index in [2.05, 4.69) is 0 Å². The number of ether oxygens (including phenoxy) is 2. The van der Waals surface area contributed by atoms with Crippen LogP contribution in [0.5, 0.6) is 11.5 Å². The van der Waals surface area contributed by atoms with Crippen molar-refractivity contribution < 1.29 is 14.3 Å². The van der Waals surface area contributed by atoms with Crippen LogP contribution in [0.4, 0.5) is 0 Å². The van der Waals surface area contributed by atoms with Gasteiger partial charge in [-0.05, 0) is 50.1 Å². The molecule has 134 valence electrons. The van der Waals surface area contributed by atoms with E-state index in [-0.39, 0.29) is 11.4 Å². The molecule has 2 rings (SSSR count). The molecule has 0 unspecified atom stereocenters. The monoisotopic (exact) mass is 349 g/mol. The second-order valence-corrected chi connectivity index (χ2v) is 5.86. The number of ketones is 1. The standard InChI is InChI=1S/C22H23NO3/c1-4-11-26-20-10-9-17(14-21(20)25-5-2)13-19(15-23)22(24)18-8-6-7-16(3)12-18/h6-10,12-14H,4-5,11H2,1-3H3/b19-13+. The maximum atomic E-state index is 12.6. The van der Waals surface area contributed by atoms with Gasteiger partial charge in [-0.15, -0.1) is 0 Å². The molecule has 0 aliphatic carbocycles. The van der Waals surface area contributed by atoms with Crippen molar-refractivity contribution in [2.24, 2.45) is 0 Å². The van der Waals surface area contributed by atoms with Crippen LogP contribution >= 0.6 is 0 Å². The number of aryl methyl sites for hydroxylation is 1. The number of nitriles is 1. The number of Topliss-reactive ketones (excluding diaryl/α,β-unsaturated/α-hetero) is 1. The Balaban J connectivity index is 2.34. The topological polar surface area (TPSA) is 59.3 Å². The summed E-state index contributed by atoms with van der Waals surface area (Å²) in [5, 5.41) is 9.44. The Labute approximate surface area is 154 Å². The maximum absolute atomic E-state index is 12.6. The Hall–Kier alpha value is -3.06. The van der Waals surface area contributed by atoms with E-state index in [1.165, 1.54) is 0 Å². The zero-order valence-electron chi connectivity index (χ0n) is 15.4. The molecule has 0 aromatic heterocycles. The Morgan fingerprint density at radius 2 is 1.92 bits per heavy atom. The van der Waals surface area contributed by atoms with E-state index in [0.717, 1.165) is 17.5 Å². The molecule has 0 heterocycles. The van der Waals surface area contributed by atoms with Gasteiger partial charge < -0.3 is 9.47 Å². The van der Waals surface area contributed by atoms with Crippen LogP contribution in [0.2, 0.25) is 0 Å². The first-order valence-electron chi connectivity index (χ1n) is 8.71. The highest BCUT2D eigenvalue weighted by Crippen LogP contribution is 2.29. The van der Waals surface area contributed by atoms with Crippen molar-refractivity contribution >= 4 is 11.9 Å². The smallest absolute Gasteiger partial charge is 0.203 e. The third-order valence-electron chi connectivity index (χ3n) is 3.69. The van der Waals surface area contributed by atoms with E-state index >= 15 is 0 Å². The summed E-state index contributed by atoms with van der Waals surface area (Å²) in [7, 11) is 0. The first kappa shape index (κ1) is 19.3. The summed E-state index contributed by atoms with van der Waals surface area (Å²) < 4.78 is 11.3. The minimum absolute atomic E-state index is 0.0836. The van der Waals surface area contributed by atoms with Gasteiger partial charge in [0.05, 0.1) is 13.2 Å². The number of rotatable bonds is 8. The highest BCUT2D eigenvalue weighted by atomic mass is 16.5. The predicted molar refractivity (Wildman–Crippen MR) is 102 cm³/mol. The lowest BCUT2D eigenvalue weighted by Gasteiger charge is -2.12. The van der Waals surface area contributed by atoms with E-state index < -0.39 is 0 Å². The van der Waals surface area contributed by atoms with Gasteiger partial charge in [-0.2, -0.15) is 5.26 Å². The lowest BCUT2D eigenvalue weighted by atomic mass is 10.0. The fourth-order valence-corrected chi connectivity index (χ4v) is 2.47. The molecule has 2 aromatic carbocycles. The van der Waals surface area contributed by atoms with Gasteiger partial charge in [0.2, 0.25) is 5.78 Å². The van der Waals surface area contributed by atoms with Crippen molar-refractivity contribution in [3.63, 3.8) is 0 Å². The van der Waals surface area contributed by atoms with E-state index in [4.69, 9.17) is 9.47 Å². The van der Waals surface area contributed by atoms with Crippen LogP contribution in [-0.2, 0) is 0 Å². The highest BCUT2D eigenvalue weighted by Gasteiger charge is 2.13. The SMILES string of the molecule is CCCOc1ccc(/C=C(\C#N)C(=O)c2cccc(C)c2)cc1OCC. The van der Waals surface area contributed by atoms with Crippen LogP contribution in [0.15, 0.2) is 48.0 Å². The molecule has 0 saturated heterocycles. The van der Waals surface area contributed by atoms with E-state index in [9.17, 15) is 10.1 Å². The summed E-state index contributed by atoms with van der Waals surface area (Å²) >= 11 is 0. The molecule has 0 amide bonds. The molecule has 0 radical (unpaired) electrons. The second kappa shape index (κ2) is 9.43. The van der Waals surface area contributed by atoms with Crippen LogP contribution in [-0.4, -0.2) is 19.0 Å². The molecule has 0 aliphatic heterocycles. The largest absolute Gasteiger partial charge is 0.490 e. The van der Waals surface area contributed by atoms with Gasteiger partial charge in [0.25, 0.3) is 0 Å². The van der Waals surface area contributed by atoms with Crippen molar-refractivity contribution in [2.75, 3.05) is 13.2 Å². The molecule has 4 heteroatoms. The van der Waals surface area contributed by atoms with Gasteiger partial charge >= 0.3 is 0 Å². The average Bonchev–Trinajstić information content (AvgIpc) is 2.65. The molecule has 0 spiro atoms. The summed E-state index contributed by atoms with van der Waals surface area (Å²) in [6.45, 7) is 6.95. The number of nitrogens with zero attached hydrogens (tertiary/aromatic N) is 1. The molecule has 0 saturated carbocycles. The number of hydrogen-bond donors (Lipinski definition) is 0. The zero-order valence-corrected chi connectivity index (χ0v) is 15.4. The maximum Gasteiger partial charge on any atom is 0.203 e. The molecule has 0 fully saturated rings. The number of carbonyl (C=O) groups excluding carboxylic acids is 1. The summed E-state index contributed by atoms with van der Waals surface area (Å²) in [5.41, 5.74) is 2.28. The van der Waals surface area contributed by atoms with Gasteiger partial charge in [0.15, 0.2) is 11.5 Å². The van der Waals surface area contributed by atoms with Crippen molar-refractivity contribution in [2.45, 2.75) is 27.2 Å². The molecule has 26 heavy (non-hydrogen) atoms.